The summed E-state index contributed by atoms with van der Waals surface area (Å²) >= 11 is 0. The fourth-order valence-electron chi connectivity index (χ4n) is 2.39. The Balaban J connectivity index is 2.16. The second-order valence-electron chi connectivity index (χ2n) is 4.59. The lowest BCUT2D eigenvalue weighted by molar-refractivity contribution is -0.212. The van der Waals surface area contributed by atoms with Crippen molar-refractivity contribution >= 4 is 5.69 Å². The Morgan fingerprint density at radius 1 is 1.35 bits per heavy atom. The van der Waals surface area contributed by atoms with Crippen LogP contribution < -0.4 is 5.32 Å². The zero-order valence-corrected chi connectivity index (χ0v) is 10.4. The smallest absolute Gasteiger partial charge is 0.187 e. The number of fused-ring (bicyclic) bond motifs is 1. The monoisotopic (exact) mass is 237 g/mol. The van der Waals surface area contributed by atoms with Crippen LogP contribution in [0, 0.1) is 0 Å². The molecule has 0 radical (unpaired) electrons. The molecule has 4 nitrogen and oxygen atoms in total. The van der Waals surface area contributed by atoms with E-state index in [1.807, 2.05) is 18.2 Å². The van der Waals surface area contributed by atoms with E-state index in [9.17, 15) is 5.11 Å². The van der Waals surface area contributed by atoms with Crippen molar-refractivity contribution in [3.63, 3.8) is 0 Å². The lowest BCUT2D eigenvalue weighted by atomic mass is 9.93. The number of anilines is 1. The first kappa shape index (κ1) is 12.4. The SMILES string of the molecule is COC(OC)C(C)(O)C1Cc2ccccc2N1. The van der Waals surface area contributed by atoms with E-state index in [0.717, 1.165) is 12.1 Å². The third-order valence-electron chi connectivity index (χ3n) is 3.38. The molecule has 0 aliphatic carbocycles. The van der Waals surface area contributed by atoms with Gasteiger partial charge in [0.15, 0.2) is 6.29 Å². The number of hydrogen-bond donors (Lipinski definition) is 2. The third-order valence-corrected chi connectivity index (χ3v) is 3.38. The standard InChI is InChI=1S/C13H19NO3/c1-13(15,12(16-2)17-3)11-8-9-6-4-5-7-10(9)14-11/h4-7,11-12,14-15H,8H2,1-3H3. The maximum absolute atomic E-state index is 10.5. The molecule has 0 fully saturated rings. The van der Waals surface area contributed by atoms with Crippen molar-refractivity contribution in [2.75, 3.05) is 19.5 Å². The van der Waals surface area contributed by atoms with Gasteiger partial charge in [0.05, 0.1) is 6.04 Å². The summed E-state index contributed by atoms with van der Waals surface area (Å²) in [6.07, 6.45) is 0.126. The third kappa shape index (κ3) is 2.16. The minimum atomic E-state index is -1.08. The first-order valence-corrected chi connectivity index (χ1v) is 5.72. The highest BCUT2D eigenvalue weighted by Gasteiger charge is 2.43. The Bertz CT molecular complexity index is 363. The van der Waals surface area contributed by atoms with E-state index in [1.54, 1.807) is 6.92 Å². The van der Waals surface area contributed by atoms with Crippen LogP contribution in [0.4, 0.5) is 5.69 Å². The molecule has 2 rings (SSSR count). The fraction of sp³-hybridized carbons (Fsp3) is 0.538. The van der Waals surface area contributed by atoms with E-state index in [1.165, 1.54) is 19.8 Å². The van der Waals surface area contributed by atoms with Crippen LogP contribution in [0.25, 0.3) is 0 Å². The van der Waals surface area contributed by atoms with Crippen LogP contribution in [0.15, 0.2) is 24.3 Å². The lowest BCUT2D eigenvalue weighted by Crippen LogP contribution is -2.53. The number of ether oxygens (including phenoxy) is 2. The second-order valence-corrected chi connectivity index (χ2v) is 4.59. The molecule has 0 amide bonds. The van der Waals surface area contributed by atoms with Gasteiger partial charge in [0.2, 0.25) is 0 Å². The van der Waals surface area contributed by atoms with Gasteiger partial charge in [0.1, 0.15) is 5.60 Å². The molecule has 1 aromatic carbocycles. The first-order valence-electron chi connectivity index (χ1n) is 5.72. The fourth-order valence-corrected chi connectivity index (χ4v) is 2.39. The van der Waals surface area contributed by atoms with Crippen LogP contribution in [-0.4, -0.2) is 37.3 Å². The molecule has 94 valence electrons. The molecule has 0 saturated carbocycles. The van der Waals surface area contributed by atoms with Gasteiger partial charge in [-0.05, 0) is 25.0 Å². The number of benzene rings is 1. The second kappa shape index (κ2) is 4.64. The number of hydrogen-bond acceptors (Lipinski definition) is 4. The van der Waals surface area contributed by atoms with E-state index in [-0.39, 0.29) is 6.04 Å². The molecule has 0 saturated heterocycles. The highest BCUT2D eigenvalue weighted by molar-refractivity contribution is 5.57. The van der Waals surface area contributed by atoms with E-state index >= 15 is 0 Å². The van der Waals surface area contributed by atoms with Gasteiger partial charge in [-0.2, -0.15) is 0 Å². The summed E-state index contributed by atoms with van der Waals surface area (Å²) in [7, 11) is 3.06. The average molecular weight is 237 g/mol. The van der Waals surface area contributed by atoms with Crippen LogP contribution in [-0.2, 0) is 15.9 Å². The van der Waals surface area contributed by atoms with Crippen molar-refractivity contribution < 1.29 is 14.6 Å². The van der Waals surface area contributed by atoms with Crippen molar-refractivity contribution in [2.24, 2.45) is 0 Å². The van der Waals surface area contributed by atoms with E-state index < -0.39 is 11.9 Å². The molecule has 0 bridgehead atoms. The molecule has 2 N–H and O–H groups in total. The topological polar surface area (TPSA) is 50.7 Å². The van der Waals surface area contributed by atoms with Gasteiger partial charge >= 0.3 is 0 Å². The number of rotatable bonds is 4. The van der Waals surface area contributed by atoms with Gasteiger partial charge in [-0.25, -0.2) is 0 Å². The molecular formula is C13H19NO3. The van der Waals surface area contributed by atoms with Crippen molar-refractivity contribution in [2.45, 2.75) is 31.3 Å². The zero-order chi connectivity index (χ0) is 12.5. The summed E-state index contributed by atoms with van der Waals surface area (Å²) in [5, 5.41) is 13.8. The van der Waals surface area contributed by atoms with Gasteiger partial charge in [-0.1, -0.05) is 18.2 Å². The zero-order valence-electron chi connectivity index (χ0n) is 10.4. The van der Waals surface area contributed by atoms with Crippen LogP contribution in [0.3, 0.4) is 0 Å². The molecule has 2 atom stereocenters. The predicted molar refractivity (Wildman–Crippen MR) is 66.0 cm³/mol. The van der Waals surface area contributed by atoms with Gasteiger partial charge < -0.3 is 19.9 Å². The number of methoxy groups -OCH3 is 2. The lowest BCUT2D eigenvalue weighted by Gasteiger charge is -2.35. The summed E-state index contributed by atoms with van der Waals surface area (Å²) in [5.41, 5.74) is 1.20. The number of aliphatic hydroxyl groups is 1. The van der Waals surface area contributed by atoms with Crippen LogP contribution in [0.2, 0.25) is 0 Å². The first-order chi connectivity index (χ1) is 8.09. The van der Waals surface area contributed by atoms with Gasteiger partial charge in [-0.3, -0.25) is 0 Å². The highest BCUT2D eigenvalue weighted by atomic mass is 16.7. The van der Waals surface area contributed by atoms with Crippen LogP contribution >= 0.6 is 0 Å². The number of nitrogens with one attached hydrogen (secondary N) is 1. The maximum atomic E-state index is 10.5. The molecule has 0 aromatic heterocycles. The van der Waals surface area contributed by atoms with E-state index in [4.69, 9.17) is 9.47 Å². The highest BCUT2D eigenvalue weighted by Crippen LogP contribution is 2.32. The van der Waals surface area contributed by atoms with Crippen LogP contribution in [0.1, 0.15) is 12.5 Å². The summed E-state index contributed by atoms with van der Waals surface area (Å²) < 4.78 is 10.3. The molecule has 4 heteroatoms. The Morgan fingerprint density at radius 3 is 2.59 bits per heavy atom. The van der Waals surface area contributed by atoms with Crippen molar-refractivity contribution in [1.29, 1.82) is 0 Å². The largest absolute Gasteiger partial charge is 0.383 e. The minimum absolute atomic E-state index is 0.107. The van der Waals surface area contributed by atoms with Gasteiger partial charge in [0.25, 0.3) is 0 Å². The summed E-state index contributed by atoms with van der Waals surface area (Å²) in [6, 6.07) is 7.95. The Morgan fingerprint density at radius 2 is 2.00 bits per heavy atom. The quantitative estimate of drug-likeness (QED) is 0.777. The molecule has 17 heavy (non-hydrogen) atoms. The molecular weight excluding hydrogens is 218 g/mol. The van der Waals surface area contributed by atoms with Gasteiger partial charge in [0, 0.05) is 19.9 Å². The van der Waals surface area contributed by atoms with Crippen molar-refractivity contribution in [3.8, 4) is 0 Å². The predicted octanol–water partition coefficient (Wildman–Crippen LogP) is 1.39. The number of para-hydroxylation sites is 1. The Hall–Kier alpha value is -1.10. The van der Waals surface area contributed by atoms with E-state index in [2.05, 4.69) is 11.4 Å². The summed E-state index contributed by atoms with van der Waals surface area (Å²) in [6.45, 7) is 1.73. The summed E-state index contributed by atoms with van der Waals surface area (Å²) in [4.78, 5) is 0. The normalized spacial score (nSPS) is 22.1. The summed E-state index contributed by atoms with van der Waals surface area (Å²) in [5.74, 6) is 0. The van der Waals surface area contributed by atoms with Crippen LogP contribution in [0.5, 0.6) is 0 Å². The maximum Gasteiger partial charge on any atom is 0.187 e. The molecule has 1 aliphatic rings. The van der Waals surface area contributed by atoms with Crippen molar-refractivity contribution in [3.05, 3.63) is 29.8 Å². The molecule has 0 spiro atoms. The Labute approximate surface area is 102 Å². The molecule has 1 aromatic rings. The minimum Gasteiger partial charge on any atom is -0.383 e. The molecule has 1 aliphatic heterocycles. The molecule has 2 unspecified atom stereocenters. The van der Waals surface area contributed by atoms with Gasteiger partial charge in [-0.15, -0.1) is 0 Å². The average Bonchev–Trinajstić information content (AvgIpc) is 2.74. The van der Waals surface area contributed by atoms with Crippen molar-refractivity contribution in [1.82, 2.24) is 0 Å². The van der Waals surface area contributed by atoms with E-state index in [0.29, 0.717) is 0 Å². The Kier molecular flexibility index (Phi) is 3.38. The molecule has 1 heterocycles.